The van der Waals surface area contributed by atoms with E-state index in [2.05, 4.69) is 34.7 Å². The first-order valence-corrected chi connectivity index (χ1v) is 11.0. The summed E-state index contributed by atoms with van der Waals surface area (Å²) in [6.45, 7) is 15.0. The van der Waals surface area contributed by atoms with E-state index >= 15 is 0 Å². The second-order valence-corrected chi connectivity index (χ2v) is 8.60. The van der Waals surface area contributed by atoms with Crippen LogP contribution in [-0.4, -0.2) is 81.1 Å². The normalized spacial score (nSPS) is 17.1. The molecule has 30 heavy (non-hydrogen) atoms. The minimum absolute atomic E-state index is 0. The number of likely N-dealkylation sites (tertiary alicyclic amines) is 1. The number of guanidine groups is 1. The number of methoxy groups -OCH3 is 1. The summed E-state index contributed by atoms with van der Waals surface area (Å²) in [5.41, 5.74) is -0.501. The Bertz CT molecular complexity index is 492. The molecule has 1 atom stereocenters. The number of amides is 1. The number of halogens is 1. The van der Waals surface area contributed by atoms with Gasteiger partial charge in [-0.05, 0) is 47.0 Å². The fraction of sp³-hybridized carbons (Fsp3) is 0.905. The maximum atomic E-state index is 12.1. The smallest absolute Gasteiger partial charge is 0.407 e. The number of alkyl carbamates (subject to hydrolysis) is 1. The van der Waals surface area contributed by atoms with Crippen molar-refractivity contribution in [2.24, 2.45) is 4.99 Å². The first kappa shape index (κ1) is 29.2. The van der Waals surface area contributed by atoms with Crippen LogP contribution in [0.2, 0.25) is 0 Å². The SMILES string of the molecule is CCCC(CN=C(NCC)NC1CCN(CCOC)CC1)NC(=O)OC(C)(C)C.I. The molecule has 9 heteroatoms. The van der Waals surface area contributed by atoms with Gasteiger partial charge in [-0.25, -0.2) is 4.79 Å². The van der Waals surface area contributed by atoms with Gasteiger partial charge in [0.2, 0.25) is 0 Å². The number of aliphatic imine (C=N–C) groups is 1. The molecule has 0 aromatic rings. The van der Waals surface area contributed by atoms with Gasteiger partial charge in [-0.3, -0.25) is 4.99 Å². The number of nitrogens with zero attached hydrogens (tertiary/aromatic N) is 2. The second kappa shape index (κ2) is 15.9. The van der Waals surface area contributed by atoms with E-state index in [0.717, 1.165) is 64.4 Å². The molecule has 0 bridgehead atoms. The molecule has 1 aliphatic rings. The molecule has 0 aromatic carbocycles. The molecule has 0 radical (unpaired) electrons. The molecule has 1 saturated heterocycles. The summed E-state index contributed by atoms with van der Waals surface area (Å²) in [4.78, 5) is 19.3. The Labute approximate surface area is 200 Å². The summed E-state index contributed by atoms with van der Waals surface area (Å²) in [5, 5.41) is 9.84. The fourth-order valence-electron chi connectivity index (χ4n) is 3.27. The van der Waals surface area contributed by atoms with Crippen molar-refractivity contribution in [2.45, 2.75) is 78.0 Å². The highest BCUT2D eigenvalue weighted by Gasteiger charge is 2.21. The summed E-state index contributed by atoms with van der Waals surface area (Å²) < 4.78 is 10.6. The maximum absolute atomic E-state index is 12.1. The van der Waals surface area contributed by atoms with Gasteiger partial charge in [-0.15, -0.1) is 24.0 Å². The van der Waals surface area contributed by atoms with E-state index in [1.54, 1.807) is 7.11 Å². The average Bonchev–Trinajstić information content (AvgIpc) is 2.64. The van der Waals surface area contributed by atoms with Crippen LogP contribution in [0.3, 0.4) is 0 Å². The highest BCUT2D eigenvalue weighted by Crippen LogP contribution is 2.10. The largest absolute Gasteiger partial charge is 0.444 e. The molecule has 0 aliphatic carbocycles. The lowest BCUT2D eigenvalue weighted by Gasteiger charge is -2.33. The third-order valence-electron chi connectivity index (χ3n) is 4.71. The van der Waals surface area contributed by atoms with Crippen molar-refractivity contribution in [1.82, 2.24) is 20.9 Å². The summed E-state index contributed by atoms with van der Waals surface area (Å²) in [5.74, 6) is 0.815. The number of nitrogens with one attached hydrogen (secondary N) is 3. The molecular formula is C21H44IN5O3. The fourth-order valence-corrected chi connectivity index (χ4v) is 3.27. The van der Waals surface area contributed by atoms with Crippen molar-refractivity contribution >= 4 is 36.0 Å². The van der Waals surface area contributed by atoms with Crippen molar-refractivity contribution in [2.75, 3.05) is 46.4 Å². The standard InChI is InChI=1S/C21H43N5O3.HI/c1-7-9-18(25-20(27)29-21(3,4)5)16-23-19(22-8-2)24-17-10-12-26(13-11-17)14-15-28-6;/h17-18H,7-16H2,1-6H3,(H,25,27)(H2,22,23,24);1H. The van der Waals surface area contributed by atoms with E-state index in [-0.39, 0.29) is 36.1 Å². The number of piperidine rings is 1. The Morgan fingerprint density at radius 3 is 2.43 bits per heavy atom. The summed E-state index contributed by atoms with van der Waals surface area (Å²) in [7, 11) is 1.75. The number of rotatable bonds is 10. The molecule has 0 aromatic heterocycles. The Morgan fingerprint density at radius 1 is 1.23 bits per heavy atom. The summed E-state index contributed by atoms with van der Waals surface area (Å²) in [6.07, 6.45) is 3.62. The molecule has 1 amide bonds. The number of ether oxygens (including phenoxy) is 2. The van der Waals surface area contributed by atoms with Crippen LogP contribution in [0.1, 0.15) is 60.3 Å². The van der Waals surface area contributed by atoms with Gasteiger partial charge in [0.15, 0.2) is 5.96 Å². The lowest BCUT2D eigenvalue weighted by molar-refractivity contribution is 0.0503. The maximum Gasteiger partial charge on any atom is 0.407 e. The van der Waals surface area contributed by atoms with Crippen molar-refractivity contribution in [1.29, 1.82) is 0 Å². The minimum atomic E-state index is -0.501. The molecule has 0 saturated carbocycles. The summed E-state index contributed by atoms with van der Waals surface area (Å²) >= 11 is 0. The van der Waals surface area contributed by atoms with E-state index in [4.69, 9.17) is 14.5 Å². The zero-order chi connectivity index (χ0) is 21.7. The van der Waals surface area contributed by atoms with E-state index in [1.165, 1.54) is 0 Å². The predicted octanol–water partition coefficient (Wildman–Crippen LogP) is 2.96. The number of hydrogen-bond donors (Lipinski definition) is 3. The monoisotopic (exact) mass is 541 g/mol. The first-order valence-electron chi connectivity index (χ1n) is 11.0. The Morgan fingerprint density at radius 2 is 1.90 bits per heavy atom. The third kappa shape index (κ3) is 13.5. The number of carbonyl (C=O) groups excluding carboxylic acids is 1. The van der Waals surface area contributed by atoms with Gasteiger partial charge in [-0.2, -0.15) is 0 Å². The van der Waals surface area contributed by atoms with E-state index in [9.17, 15) is 4.79 Å². The van der Waals surface area contributed by atoms with E-state index < -0.39 is 5.60 Å². The van der Waals surface area contributed by atoms with Crippen molar-refractivity contribution in [3.63, 3.8) is 0 Å². The lowest BCUT2D eigenvalue weighted by atomic mass is 10.1. The number of hydrogen-bond acceptors (Lipinski definition) is 5. The van der Waals surface area contributed by atoms with Gasteiger partial charge in [0.25, 0.3) is 0 Å². The average molecular weight is 542 g/mol. The van der Waals surface area contributed by atoms with E-state index in [0.29, 0.717) is 12.6 Å². The molecule has 8 nitrogen and oxygen atoms in total. The second-order valence-electron chi connectivity index (χ2n) is 8.60. The van der Waals surface area contributed by atoms with Crippen molar-refractivity contribution in [3.05, 3.63) is 0 Å². The van der Waals surface area contributed by atoms with E-state index in [1.807, 2.05) is 20.8 Å². The molecule has 178 valence electrons. The van der Waals surface area contributed by atoms with Crippen molar-refractivity contribution < 1.29 is 14.3 Å². The van der Waals surface area contributed by atoms with Gasteiger partial charge in [0.05, 0.1) is 19.2 Å². The lowest BCUT2D eigenvalue weighted by Crippen LogP contribution is -2.49. The Hall–Kier alpha value is -0.810. The Kier molecular flexibility index (Phi) is 15.5. The highest BCUT2D eigenvalue weighted by molar-refractivity contribution is 14.0. The topological polar surface area (TPSA) is 87.2 Å². The van der Waals surface area contributed by atoms with Gasteiger partial charge in [-0.1, -0.05) is 13.3 Å². The van der Waals surface area contributed by atoms with Gasteiger partial charge in [0, 0.05) is 39.3 Å². The van der Waals surface area contributed by atoms with Crippen LogP contribution < -0.4 is 16.0 Å². The van der Waals surface area contributed by atoms with Gasteiger partial charge < -0.3 is 30.3 Å². The van der Waals surface area contributed by atoms with Crippen LogP contribution >= 0.6 is 24.0 Å². The van der Waals surface area contributed by atoms with Crippen molar-refractivity contribution in [3.8, 4) is 0 Å². The molecule has 1 heterocycles. The van der Waals surface area contributed by atoms with Gasteiger partial charge in [0.1, 0.15) is 5.60 Å². The zero-order valence-electron chi connectivity index (χ0n) is 19.8. The zero-order valence-corrected chi connectivity index (χ0v) is 22.1. The third-order valence-corrected chi connectivity index (χ3v) is 4.71. The molecule has 1 rings (SSSR count). The molecule has 1 aliphatic heterocycles. The molecule has 1 unspecified atom stereocenters. The summed E-state index contributed by atoms with van der Waals surface area (Å²) in [6, 6.07) is 0.372. The van der Waals surface area contributed by atoms with Crippen LogP contribution in [0.25, 0.3) is 0 Å². The molecule has 3 N–H and O–H groups in total. The van der Waals surface area contributed by atoms with Crippen LogP contribution in [0.5, 0.6) is 0 Å². The number of carbonyl (C=O) groups is 1. The molecule has 1 fully saturated rings. The molecular weight excluding hydrogens is 497 g/mol. The predicted molar refractivity (Wildman–Crippen MR) is 134 cm³/mol. The highest BCUT2D eigenvalue weighted by atomic mass is 127. The minimum Gasteiger partial charge on any atom is -0.444 e. The van der Waals surface area contributed by atoms with Crippen LogP contribution in [-0.2, 0) is 9.47 Å². The van der Waals surface area contributed by atoms with Gasteiger partial charge >= 0.3 is 6.09 Å². The van der Waals surface area contributed by atoms with Crippen LogP contribution in [0.15, 0.2) is 4.99 Å². The quantitative estimate of drug-likeness (QED) is 0.224. The Balaban J connectivity index is 0.00000841. The van der Waals surface area contributed by atoms with Crippen LogP contribution in [0.4, 0.5) is 4.79 Å². The molecule has 0 spiro atoms. The van der Waals surface area contributed by atoms with Crippen LogP contribution in [0, 0.1) is 0 Å². The first-order chi connectivity index (χ1) is 13.8.